The van der Waals surface area contributed by atoms with Gasteiger partial charge in [0.05, 0.1) is 0 Å². The normalized spacial score (nSPS) is 10.6. The molecule has 0 aliphatic rings. The van der Waals surface area contributed by atoms with Crippen LogP contribution in [0, 0.1) is 0 Å². The average molecular weight is 216 g/mol. The molecule has 1 heterocycles. The third-order valence-corrected chi connectivity index (χ3v) is 1.53. The van der Waals surface area contributed by atoms with Gasteiger partial charge in [-0.2, -0.15) is 0 Å². The van der Waals surface area contributed by atoms with E-state index >= 15 is 0 Å². The van der Waals surface area contributed by atoms with Gasteiger partial charge in [-0.15, -0.1) is 0 Å². The number of carbonyl (C=O) groups is 1. The van der Waals surface area contributed by atoms with Crippen molar-refractivity contribution in [3.8, 4) is 0 Å². The van der Waals surface area contributed by atoms with Crippen LogP contribution in [0.25, 0.3) is 6.08 Å². The van der Waals surface area contributed by atoms with Crippen LogP contribution in [0.2, 0.25) is 0 Å². The molecule has 58 valence electrons. The third-order valence-electron chi connectivity index (χ3n) is 1.08. The SMILES string of the molecule is O=C(O)/C=C/c1cc(Br)c[nH]1. The van der Waals surface area contributed by atoms with E-state index in [1.165, 1.54) is 6.08 Å². The van der Waals surface area contributed by atoms with E-state index in [0.717, 1.165) is 16.2 Å². The molecule has 0 radical (unpaired) electrons. The molecule has 0 bridgehead atoms. The highest BCUT2D eigenvalue weighted by molar-refractivity contribution is 9.10. The molecule has 2 N–H and O–H groups in total. The second-order valence-corrected chi connectivity index (χ2v) is 2.86. The van der Waals surface area contributed by atoms with Crippen molar-refractivity contribution in [3.63, 3.8) is 0 Å². The minimum absolute atomic E-state index is 0.763. The summed E-state index contributed by atoms with van der Waals surface area (Å²) in [6, 6.07) is 1.79. The fourth-order valence-corrected chi connectivity index (χ4v) is 1.00. The summed E-state index contributed by atoms with van der Waals surface area (Å²) in [5.74, 6) is -0.948. The molecule has 1 aromatic rings. The van der Waals surface area contributed by atoms with Crippen molar-refractivity contribution in [2.24, 2.45) is 0 Å². The van der Waals surface area contributed by atoms with E-state index in [2.05, 4.69) is 20.9 Å². The maximum absolute atomic E-state index is 10.1. The Morgan fingerprint density at radius 2 is 2.45 bits per heavy atom. The van der Waals surface area contributed by atoms with E-state index < -0.39 is 5.97 Å². The first kappa shape index (κ1) is 8.07. The van der Waals surface area contributed by atoms with Crippen molar-refractivity contribution in [2.75, 3.05) is 0 Å². The summed E-state index contributed by atoms with van der Waals surface area (Å²) in [7, 11) is 0. The number of hydrogen-bond donors (Lipinski definition) is 2. The van der Waals surface area contributed by atoms with Crippen LogP contribution in [0.4, 0.5) is 0 Å². The van der Waals surface area contributed by atoms with Gasteiger partial charge in [0.1, 0.15) is 0 Å². The topological polar surface area (TPSA) is 53.1 Å². The number of rotatable bonds is 2. The summed E-state index contributed by atoms with van der Waals surface area (Å²) >= 11 is 3.23. The van der Waals surface area contributed by atoms with E-state index in [9.17, 15) is 4.79 Å². The number of hydrogen-bond acceptors (Lipinski definition) is 1. The predicted octanol–water partition coefficient (Wildman–Crippen LogP) is 1.88. The Morgan fingerprint density at radius 1 is 1.73 bits per heavy atom. The van der Waals surface area contributed by atoms with Gasteiger partial charge < -0.3 is 10.1 Å². The molecule has 3 nitrogen and oxygen atoms in total. The molecule has 0 unspecified atom stereocenters. The maximum Gasteiger partial charge on any atom is 0.328 e. The zero-order chi connectivity index (χ0) is 8.27. The average Bonchev–Trinajstić information content (AvgIpc) is 2.31. The van der Waals surface area contributed by atoms with E-state index in [1.54, 1.807) is 12.3 Å². The number of aromatic nitrogens is 1. The molecule has 1 aromatic heterocycles. The number of nitrogens with one attached hydrogen (secondary N) is 1. The lowest BCUT2D eigenvalue weighted by molar-refractivity contribution is -0.131. The second-order valence-electron chi connectivity index (χ2n) is 1.94. The fourth-order valence-electron chi connectivity index (χ4n) is 0.641. The Bertz CT molecular complexity index is 290. The van der Waals surface area contributed by atoms with Crippen molar-refractivity contribution in [1.82, 2.24) is 4.98 Å². The molecular weight excluding hydrogens is 210 g/mol. The minimum Gasteiger partial charge on any atom is -0.478 e. The van der Waals surface area contributed by atoms with Crippen LogP contribution in [0.3, 0.4) is 0 Å². The van der Waals surface area contributed by atoms with Crippen LogP contribution in [0.5, 0.6) is 0 Å². The molecule has 0 aliphatic carbocycles. The second kappa shape index (κ2) is 3.39. The van der Waals surface area contributed by atoms with Gasteiger partial charge in [-0.3, -0.25) is 0 Å². The summed E-state index contributed by atoms with van der Waals surface area (Å²) in [5.41, 5.74) is 0.763. The Hall–Kier alpha value is -1.03. The number of carboxylic acids is 1. The van der Waals surface area contributed by atoms with Gasteiger partial charge in [-0.05, 0) is 28.1 Å². The van der Waals surface area contributed by atoms with Crippen molar-refractivity contribution in [3.05, 3.63) is 28.5 Å². The summed E-state index contributed by atoms with van der Waals surface area (Å²) in [4.78, 5) is 12.9. The molecular formula is C7H6BrNO2. The highest BCUT2D eigenvalue weighted by atomic mass is 79.9. The van der Waals surface area contributed by atoms with Gasteiger partial charge >= 0.3 is 5.97 Å². The van der Waals surface area contributed by atoms with Crippen LogP contribution in [0.1, 0.15) is 5.69 Å². The Labute approximate surface area is 71.9 Å². The molecule has 0 spiro atoms. The summed E-state index contributed by atoms with van der Waals surface area (Å²) in [5, 5.41) is 8.27. The summed E-state index contributed by atoms with van der Waals surface area (Å²) in [6.07, 6.45) is 4.31. The van der Waals surface area contributed by atoms with E-state index in [1.807, 2.05) is 0 Å². The summed E-state index contributed by atoms with van der Waals surface area (Å²) < 4.78 is 0.905. The molecule has 0 aromatic carbocycles. The molecule has 0 saturated carbocycles. The Balaban J connectivity index is 2.71. The van der Waals surface area contributed by atoms with Gasteiger partial charge in [-0.1, -0.05) is 0 Å². The number of aliphatic carboxylic acids is 1. The lowest BCUT2D eigenvalue weighted by Gasteiger charge is -1.80. The Morgan fingerprint density at radius 3 is 2.91 bits per heavy atom. The monoisotopic (exact) mass is 215 g/mol. The van der Waals surface area contributed by atoms with Gasteiger partial charge in [-0.25, -0.2) is 4.79 Å². The molecule has 11 heavy (non-hydrogen) atoms. The molecule has 0 aliphatic heterocycles. The fraction of sp³-hybridized carbons (Fsp3) is 0. The quantitative estimate of drug-likeness (QED) is 0.741. The van der Waals surface area contributed by atoms with Crippen LogP contribution in [-0.2, 0) is 4.79 Å². The predicted molar refractivity (Wildman–Crippen MR) is 45.2 cm³/mol. The summed E-state index contributed by atoms with van der Waals surface area (Å²) in [6.45, 7) is 0. The number of halogens is 1. The molecule has 1 rings (SSSR count). The van der Waals surface area contributed by atoms with Crippen LogP contribution >= 0.6 is 15.9 Å². The standard InChI is InChI=1S/C7H6BrNO2/c8-5-3-6(9-4-5)1-2-7(10)11/h1-4,9H,(H,10,11)/b2-1+. The van der Waals surface area contributed by atoms with Crippen molar-refractivity contribution >= 4 is 28.0 Å². The van der Waals surface area contributed by atoms with Crippen LogP contribution in [0.15, 0.2) is 22.8 Å². The van der Waals surface area contributed by atoms with Crippen molar-refractivity contribution in [2.45, 2.75) is 0 Å². The van der Waals surface area contributed by atoms with Gasteiger partial charge in [0.25, 0.3) is 0 Å². The van der Waals surface area contributed by atoms with E-state index in [4.69, 9.17) is 5.11 Å². The van der Waals surface area contributed by atoms with Crippen LogP contribution < -0.4 is 0 Å². The first-order valence-electron chi connectivity index (χ1n) is 2.93. The Kier molecular flexibility index (Phi) is 2.48. The van der Waals surface area contributed by atoms with E-state index in [0.29, 0.717) is 0 Å². The smallest absolute Gasteiger partial charge is 0.328 e. The zero-order valence-corrected chi connectivity index (χ0v) is 7.13. The molecule has 0 saturated heterocycles. The highest BCUT2D eigenvalue weighted by Gasteiger charge is 1.91. The lowest BCUT2D eigenvalue weighted by atomic mass is 10.4. The number of aromatic amines is 1. The van der Waals surface area contributed by atoms with Crippen molar-refractivity contribution in [1.29, 1.82) is 0 Å². The van der Waals surface area contributed by atoms with Crippen LogP contribution in [-0.4, -0.2) is 16.1 Å². The number of H-pyrrole nitrogens is 1. The molecule has 4 heteroatoms. The molecule has 0 fully saturated rings. The highest BCUT2D eigenvalue weighted by Crippen LogP contribution is 2.11. The molecule has 0 atom stereocenters. The molecule has 0 amide bonds. The van der Waals surface area contributed by atoms with Gasteiger partial charge in [0, 0.05) is 22.4 Å². The maximum atomic E-state index is 10.1. The first-order valence-corrected chi connectivity index (χ1v) is 3.73. The van der Waals surface area contributed by atoms with Gasteiger partial charge in [0.2, 0.25) is 0 Å². The first-order chi connectivity index (χ1) is 5.18. The van der Waals surface area contributed by atoms with Gasteiger partial charge in [0.15, 0.2) is 0 Å². The number of carboxylic acid groups (broad SMARTS) is 1. The minimum atomic E-state index is -0.948. The van der Waals surface area contributed by atoms with E-state index in [-0.39, 0.29) is 0 Å². The van der Waals surface area contributed by atoms with Crippen molar-refractivity contribution < 1.29 is 9.90 Å². The third kappa shape index (κ3) is 2.59. The largest absolute Gasteiger partial charge is 0.478 e. The lowest BCUT2D eigenvalue weighted by Crippen LogP contribution is -1.85. The zero-order valence-electron chi connectivity index (χ0n) is 5.54.